The van der Waals surface area contributed by atoms with E-state index in [1.165, 1.54) is 0 Å². The maximum absolute atomic E-state index is 12.0. The highest BCUT2D eigenvalue weighted by molar-refractivity contribution is 5.82. The number of ether oxygens (including phenoxy) is 2. The Hall–Kier alpha value is -1.39. The topological polar surface area (TPSA) is 47.6 Å². The van der Waals surface area contributed by atoms with Crippen molar-refractivity contribution in [1.29, 1.82) is 0 Å². The summed E-state index contributed by atoms with van der Waals surface area (Å²) in [5.41, 5.74) is 0.866. The van der Waals surface area contributed by atoms with Crippen LogP contribution in [-0.2, 0) is 14.3 Å². The van der Waals surface area contributed by atoms with Gasteiger partial charge in [0.2, 0.25) is 0 Å². The van der Waals surface area contributed by atoms with Crippen molar-refractivity contribution in [2.24, 2.45) is 0 Å². The van der Waals surface area contributed by atoms with Crippen LogP contribution in [0.1, 0.15) is 24.5 Å². The molecule has 0 unspecified atom stereocenters. The second kappa shape index (κ2) is 6.52. The minimum Gasteiger partial charge on any atom is -0.376 e. The molecule has 1 heterocycles. The van der Waals surface area contributed by atoms with Gasteiger partial charge < -0.3 is 14.8 Å². The van der Waals surface area contributed by atoms with Crippen molar-refractivity contribution in [2.75, 3.05) is 20.3 Å². The summed E-state index contributed by atoms with van der Waals surface area (Å²) < 4.78 is 10.7. The number of methoxy groups -OCH3 is 1. The highest BCUT2D eigenvalue weighted by atomic mass is 16.5. The molecule has 0 aliphatic carbocycles. The van der Waals surface area contributed by atoms with Gasteiger partial charge in [-0.3, -0.25) is 4.79 Å². The van der Waals surface area contributed by atoms with Crippen LogP contribution in [0.5, 0.6) is 0 Å². The van der Waals surface area contributed by atoms with Gasteiger partial charge in [-0.1, -0.05) is 30.3 Å². The van der Waals surface area contributed by atoms with Gasteiger partial charge in [0.1, 0.15) is 0 Å². The van der Waals surface area contributed by atoms with Crippen LogP contribution in [-0.4, -0.2) is 32.3 Å². The van der Waals surface area contributed by atoms with E-state index in [4.69, 9.17) is 9.47 Å². The molecule has 2 rings (SSSR count). The molecule has 4 nitrogen and oxygen atoms in total. The number of nitrogens with one attached hydrogen (secondary N) is 1. The van der Waals surface area contributed by atoms with Gasteiger partial charge in [0, 0.05) is 20.3 Å². The summed E-state index contributed by atoms with van der Waals surface area (Å²) in [6, 6.07) is 9.49. The molecule has 0 saturated carbocycles. The van der Waals surface area contributed by atoms with E-state index in [2.05, 4.69) is 5.32 Å². The van der Waals surface area contributed by atoms with E-state index >= 15 is 0 Å². The molecule has 1 amide bonds. The SMILES string of the molecule is CO[C@@H](C(=O)NC[C@H]1CCCO1)c1ccccc1. The lowest BCUT2D eigenvalue weighted by Crippen LogP contribution is -2.35. The largest absolute Gasteiger partial charge is 0.376 e. The third-order valence-electron chi connectivity index (χ3n) is 3.10. The van der Waals surface area contributed by atoms with Crippen LogP contribution < -0.4 is 5.32 Å². The smallest absolute Gasteiger partial charge is 0.253 e. The first-order valence-corrected chi connectivity index (χ1v) is 6.28. The van der Waals surface area contributed by atoms with Crippen molar-refractivity contribution in [2.45, 2.75) is 25.0 Å². The van der Waals surface area contributed by atoms with Gasteiger partial charge in [-0.05, 0) is 18.4 Å². The Morgan fingerprint density at radius 1 is 1.50 bits per heavy atom. The minimum atomic E-state index is -0.549. The first-order valence-electron chi connectivity index (χ1n) is 6.28. The summed E-state index contributed by atoms with van der Waals surface area (Å²) in [6.07, 6.45) is 1.70. The average Bonchev–Trinajstić information content (AvgIpc) is 2.92. The van der Waals surface area contributed by atoms with Crippen LogP contribution in [0, 0.1) is 0 Å². The quantitative estimate of drug-likeness (QED) is 0.863. The number of hydrogen-bond donors (Lipinski definition) is 1. The fourth-order valence-corrected chi connectivity index (χ4v) is 2.13. The molecule has 1 aromatic carbocycles. The predicted molar refractivity (Wildman–Crippen MR) is 68.2 cm³/mol. The minimum absolute atomic E-state index is 0.112. The van der Waals surface area contributed by atoms with Gasteiger partial charge in [-0.15, -0.1) is 0 Å². The molecule has 2 atom stereocenters. The first kappa shape index (κ1) is 13.1. The van der Waals surface area contributed by atoms with E-state index in [-0.39, 0.29) is 12.0 Å². The third kappa shape index (κ3) is 3.31. The van der Waals surface area contributed by atoms with Gasteiger partial charge in [0.15, 0.2) is 6.10 Å². The highest BCUT2D eigenvalue weighted by Crippen LogP contribution is 2.17. The summed E-state index contributed by atoms with van der Waals surface area (Å²) in [4.78, 5) is 12.0. The van der Waals surface area contributed by atoms with Gasteiger partial charge >= 0.3 is 0 Å². The summed E-state index contributed by atoms with van der Waals surface area (Å²) in [5.74, 6) is -0.112. The lowest BCUT2D eigenvalue weighted by molar-refractivity contribution is -0.131. The Balaban J connectivity index is 1.89. The Morgan fingerprint density at radius 3 is 2.89 bits per heavy atom. The number of carbonyl (C=O) groups is 1. The normalized spacial score (nSPS) is 20.6. The second-order valence-electron chi connectivity index (χ2n) is 4.41. The first-order chi connectivity index (χ1) is 8.81. The summed E-state index contributed by atoms with van der Waals surface area (Å²) in [7, 11) is 1.54. The standard InChI is InChI=1S/C14H19NO3/c1-17-13(11-6-3-2-4-7-11)14(16)15-10-12-8-5-9-18-12/h2-4,6-7,12-13H,5,8-10H2,1H3,(H,15,16)/t12-,13-/m1/s1. The lowest BCUT2D eigenvalue weighted by Gasteiger charge is -2.17. The molecule has 0 radical (unpaired) electrons. The summed E-state index contributed by atoms with van der Waals surface area (Å²) in [6.45, 7) is 1.36. The summed E-state index contributed by atoms with van der Waals surface area (Å²) >= 11 is 0. The van der Waals surface area contributed by atoms with E-state index in [9.17, 15) is 4.79 Å². The van der Waals surface area contributed by atoms with Crippen LogP contribution in [0.4, 0.5) is 0 Å². The molecule has 0 aromatic heterocycles. The molecule has 98 valence electrons. The molecule has 1 aliphatic heterocycles. The fraction of sp³-hybridized carbons (Fsp3) is 0.500. The maximum Gasteiger partial charge on any atom is 0.253 e. The van der Waals surface area contributed by atoms with Crippen LogP contribution in [0.25, 0.3) is 0 Å². The van der Waals surface area contributed by atoms with Gasteiger partial charge in [-0.2, -0.15) is 0 Å². The maximum atomic E-state index is 12.0. The van der Waals surface area contributed by atoms with Crippen LogP contribution in [0.3, 0.4) is 0 Å². The van der Waals surface area contributed by atoms with Crippen molar-refractivity contribution in [1.82, 2.24) is 5.32 Å². The van der Waals surface area contributed by atoms with Gasteiger partial charge in [0.05, 0.1) is 6.10 Å². The number of carbonyl (C=O) groups excluding carboxylic acids is 1. The molecule has 1 saturated heterocycles. The molecule has 18 heavy (non-hydrogen) atoms. The van der Waals surface area contributed by atoms with Crippen molar-refractivity contribution >= 4 is 5.91 Å². The van der Waals surface area contributed by atoms with E-state index in [0.29, 0.717) is 6.54 Å². The second-order valence-corrected chi connectivity index (χ2v) is 4.41. The van der Waals surface area contributed by atoms with E-state index in [1.807, 2.05) is 30.3 Å². The monoisotopic (exact) mass is 249 g/mol. The van der Waals surface area contributed by atoms with Gasteiger partial charge in [-0.25, -0.2) is 0 Å². The Morgan fingerprint density at radius 2 is 2.28 bits per heavy atom. The molecular formula is C14H19NO3. The number of rotatable bonds is 5. The van der Waals surface area contributed by atoms with E-state index in [1.54, 1.807) is 7.11 Å². The Labute approximate surface area is 107 Å². The van der Waals surface area contributed by atoms with E-state index < -0.39 is 6.10 Å². The van der Waals surface area contributed by atoms with E-state index in [0.717, 1.165) is 25.0 Å². The fourth-order valence-electron chi connectivity index (χ4n) is 2.13. The van der Waals surface area contributed by atoms with Crippen LogP contribution >= 0.6 is 0 Å². The van der Waals surface area contributed by atoms with Crippen LogP contribution in [0.2, 0.25) is 0 Å². The summed E-state index contributed by atoms with van der Waals surface area (Å²) in [5, 5.41) is 2.89. The predicted octanol–water partition coefficient (Wildman–Crippen LogP) is 1.67. The average molecular weight is 249 g/mol. The molecule has 1 fully saturated rings. The van der Waals surface area contributed by atoms with Crippen molar-refractivity contribution in [3.8, 4) is 0 Å². The lowest BCUT2D eigenvalue weighted by atomic mass is 10.1. The Bertz CT molecular complexity index is 374. The van der Waals surface area contributed by atoms with Crippen molar-refractivity contribution < 1.29 is 14.3 Å². The zero-order chi connectivity index (χ0) is 12.8. The molecule has 4 heteroatoms. The Kier molecular flexibility index (Phi) is 4.73. The zero-order valence-electron chi connectivity index (χ0n) is 10.6. The highest BCUT2D eigenvalue weighted by Gasteiger charge is 2.22. The number of hydrogen-bond acceptors (Lipinski definition) is 3. The number of benzene rings is 1. The number of amides is 1. The van der Waals surface area contributed by atoms with Crippen LogP contribution in [0.15, 0.2) is 30.3 Å². The molecular weight excluding hydrogens is 230 g/mol. The zero-order valence-corrected chi connectivity index (χ0v) is 10.6. The van der Waals surface area contributed by atoms with Crippen molar-refractivity contribution in [3.05, 3.63) is 35.9 Å². The molecule has 0 spiro atoms. The van der Waals surface area contributed by atoms with Gasteiger partial charge in [0.25, 0.3) is 5.91 Å². The molecule has 0 bridgehead atoms. The molecule has 1 N–H and O–H groups in total. The third-order valence-corrected chi connectivity index (χ3v) is 3.10. The molecule has 1 aromatic rings. The molecule has 1 aliphatic rings. The van der Waals surface area contributed by atoms with Crippen molar-refractivity contribution in [3.63, 3.8) is 0 Å².